The van der Waals surface area contributed by atoms with E-state index < -0.39 is 0 Å². The highest BCUT2D eigenvalue weighted by Crippen LogP contribution is 2.51. The third kappa shape index (κ3) is 4.33. The molecule has 0 unspecified atom stereocenters. The molecule has 12 aromatic rings. The number of nitrogens with zero attached hydrogens (tertiary/aromatic N) is 5. The highest BCUT2D eigenvalue weighted by atomic mass is 15.0. The lowest BCUT2D eigenvalue weighted by molar-refractivity contribution is 1.08. The molecule has 5 heteroatoms. The van der Waals surface area contributed by atoms with Crippen molar-refractivity contribution in [3.8, 4) is 56.7 Å². The zero-order chi connectivity index (χ0) is 37.9. The molecule has 3 heterocycles. The van der Waals surface area contributed by atoms with Crippen LogP contribution in [-0.4, -0.2) is 24.1 Å². The number of fused-ring (bicyclic) bond motifs is 2. The van der Waals surface area contributed by atoms with Crippen LogP contribution in [0.15, 0.2) is 188 Å². The second-order valence-electron chi connectivity index (χ2n) is 15.2. The summed E-state index contributed by atoms with van der Waals surface area (Å²) in [5.74, 6) is 1.96. The van der Waals surface area contributed by atoms with E-state index in [1.54, 1.807) is 0 Å². The van der Waals surface area contributed by atoms with Crippen molar-refractivity contribution in [3.05, 3.63) is 188 Å². The molecule has 0 amide bonds. The van der Waals surface area contributed by atoms with Crippen LogP contribution < -0.4 is 0 Å². The van der Waals surface area contributed by atoms with Crippen LogP contribution in [0.5, 0.6) is 0 Å². The maximum Gasteiger partial charge on any atom is 0.164 e. The fourth-order valence-electron chi connectivity index (χ4n) is 9.63. The van der Waals surface area contributed by atoms with Gasteiger partial charge in [0.1, 0.15) is 0 Å². The molecule has 58 heavy (non-hydrogen) atoms. The number of para-hydroxylation sites is 1. The van der Waals surface area contributed by atoms with Crippen molar-refractivity contribution in [2.45, 2.75) is 0 Å². The Morgan fingerprint density at radius 3 is 1.40 bits per heavy atom. The van der Waals surface area contributed by atoms with E-state index in [4.69, 9.17) is 15.0 Å². The van der Waals surface area contributed by atoms with Gasteiger partial charge in [0.2, 0.25) is 0 Å². The van der Waals surface area contributed by atoms with Gasteiger partial charge in [-0.3, -0.25) is 0 Å². The Bertz CT molecular complexity index is 3600. The Kier molecular flexibility index (Phi) is 6.38. The van der Waals surface area contributed by atoms with Gasteiger partial charge in [-0.25, -0.2) is 15.0 Å². The summed E-state index contributed by atoms with van der Waals surface area (Å²) in [6.45, 7) is 0. The van der Waals surface area contributed by atoms with Gasteiger partial charge in [0.15, 0.2) is 17.5 Å². The average Bonchev–Trinajstić information content (AvgIpc) is 3.78. The predicted octanol–water partition coefficient (Wildman–Crippen LogP) is 13.4. The highest BCUT2D eigenvalue weighted by Gasteiger charge is 2.27. The molecule has 5 nitrogen and oxygen atoms in total. The molecule has 0 bridgehead atoms. The molecule has 0 N–H and O–H groups in total. The standard InChI is InChI=1S/C53H31N5/c1-4-13-33(14-5-1)51-54-52(34-15-6-2-7-16-34)56-53(55-51)41-22-10-17-35-31-37(27-28-38(35)41)58-43-24-12-21-40-39-20-11-23-42-47(39)49-44(57(42)36-18-8-3-9-19-36)29-25-32-26-30-45(58)50(46(32)49)48(40)43/h1-31H. The first-order valence-corrected chi connectivity index (χ1v) is 19.7. The smallest absolute Gasteiger partial charge is 0.164 e. The summed E-state index contributed by atoms with van der Waals surface area (Å²) in [6.07, 6.45) is 0. The first-order chi connectivity index (χ1) is 28.8. The minimum absolute atomic E-state index is 0.651. The quantitative estimate of drug-likeness (QED) is 0.177. The first kappa shape index (κ1) is 31.3. The Hall–Kier alpha value is -7.89. The molecule has 0 fully saturated rings. The maximum absolute atomic E-state index is 5.08. The van der Waals surface area contributed by atoms with Crippen LogP contribution in [0.1, 0.15) is 0 Å². The fourth-order valence-corrected chi connectivity index (χ4v) is 9.63. The van der Waals surface area contributed by atoms with E-state index in [-0.39, 0.29) is 0 Å². The molecule has 268 valence electrons. The second-order valence-corrected chi connectivity index (χ2v) is 15.2. The van der Waals surface area contributed by atoms with E-state index in [0.29, 0.717) is 17.5 Å². The Morgan fingerprint density at radius 2 is 0.793 bits per heavy atom. The minimum atomic E-state index is 0.651. The minimum Gasteiger partial charge on any atom is -0.309 e. The molecular weight excluding hydrogens is 707 g/mol. The molecule has 0 aliphatic heterocycles. The van der Waals surface area contributed by atoms with Gasteiger partial charge in [-0.1, -0.05) is 140 Å². The lowest BCUT2D eigenvalue weighted by Crippen LogP contribution is -2.00. The van der Waals surface area contributed by atoms with Gasteiger partial charge in [-0.05, 0) is 75.8 Å². The fraction of sp³-hybridized carbons (Fsp3) is 0. The Balaban J connectivity index is 1.06. The molecule has 1 aliphatic carbocycles. The first-order valence-electron chi connectivity index (χ1n) is 19.7. The molecule has 0 radical (unpaired) electrons. The van der Waals surface area contributed by atoms with Gasteiger partial charge in [0.05, 0.1) is 22.1 Å². The monoisotopic (exact) mass is 737 g/mol. The summed E-state index contributed by atoms with van der Waals surface area (Å²) in [4.78, 5) is 15.1. The van der Waals surface area contributed by atoms with Crippen LogP contribution in [0, 0.1) is 0 Å². The van der Waals surface area contributed by atoms with E-state index >= 15 is 0 Å². The Morgan fingerprint density at radius 1 is 0.293 bits per heavy atom. The van der Waals surface area contributed by atoms with Crippen LogP contribution in [0.4, 0.5) is 0 Å². The van der Waals surface area contributed by atoms with Crippen LogP contribution in [0.2, 0.25) is 0 Å². The Labute approximate surface area is 332 Å². The average molecular weight is 738 g/mol. The van der Waals surface area contributed by atoms with Crippen LogP contribution in [0.25, 0.3) is 122 Å². The molecule has 9 aromatic carbocycles. The molecule has 0 spiro atoms. The summed E-state index contributed by atoms with van der Waals surface area (Å²) < 4.78 is 4.90. The van der Waals surface area contributed by atoms with Gasteiger partial charge in [-0.15, -0.1) is 0 Å². The number of benzene rings is 9. The zero-order valence-electron chi connectivity index (χ0n) is 31.1. The zero-order valence-corrected chi connectivity index (χ0v) is 31.1. The molecular formula is C53H31N5. The van der Waals surface area contributed by atoms with Gasteiger partial charge < -0.3 is 9.13 Å². The van der Waals surface area contributed by atoms with Gasteiger partial charge in [0, 0.05) is 55.0 Å². The highest BCUT2D eigenvalue weighted by molar-refractivity contribution is 6.38. The van der Waals surface area contributed by atoms with Crippen molar-refractivity contribution in [2.24, 2.45) is 0 Å². The third-order valence-corrected chi connectivity index (χ3v) is 12.1. The summed E-state index contributed by atoms with van der Waals surface area (Å²) in [7, 11) is 0. The number of aromatic nitrogens is 5. The van der Waals surface area contributed by atoms with Crippen LogP contribution in [0.3, 0.4) is 0 Å². The van der Waals surface area contributed by atoms with Crippen molar-refractivity contribution in [1.29, 1.82) is 0 Å². The van der Waals surface area contributed by atoms with E-state index in [2.05, 4.69) is 137 Å². The van der Waals surface area contributed by atoms with E-state index in [0.717, 1.165) is 33.2 Å². The van der Waals surface area contributed by atoms with Crippen LogP contribution >= 0.6 is 0 Å². The lowest BCUT2D eigenvalue weighted by Gasteiger charge is -2.13. The van der Waals surface area contributed by atoms with Crippen molar-refractivity contribution in [1.82, 2.24) is 24.1 Å². The summed E-state index contributed by atoms with van der Waals surface area (Å²) in [5, 5.41) is 10.0. The largest absolute Gasteiger partial charge is 0.309 e. The summed E-state index contributed by atoms with van der Waals surface area (Å²) in [6, 6.07) is 67.2. The van der Waals surface area contributed by atoms with Crippen molar-refractivity contribution in [3.63, 3.8) is 0 Å². The maximum atomic E-state index is 5.08. The van der Waals surface area contributed by atoms with E-state index in [1.807, 2.05) is 60.7 Å². The van der Waals surface area contributed by atoms with E-state index in [9.17, 15) is 0 Å². The third-order valence-electron chi connectivity index (χ3n) is 12.1. The lowest BCUT2D eigenvalue weighted by atomic mass is 9.98. The van der Waals surface area contributed by atoms with Crippen molar-refractivity contribution < 1.29 is 0 Å². The van der Waals surface area contributed by atoms with Crippen molar-refractivity contribution in [2.75, 3.05) is 0 Å². The molecule has 13 rings (SSSR count). The number of hydrogen-bond donors (Lipinski definition) is 0. The number of hydrogen-bond acceptors (Lipinski definition) is 3. The summed E-state index contributed by atoms with van der Waals surface area (Å²) in [5.41, 5.74) is 12.5. The molecule has 0 atom stereocenters. The van der Waals surface area contributed by atoms with E-state index in [1.165, 1.54) is 71.2 Å². The molecule has 0 saturated heterocycles. The second kappa shape index (κ2) is 11.8. The summed E-state index contributed by atoms with van der Waals surface area (Å²) >= 11 is 0. The van der Waals surface area contributed by atoms with Gasteiger partial charge in [0.25, 0.3) is 0 Å². The predicted molar refractivity (Wildman–Crippen MR) is 239 cm³/mol. The molecule has 0 saturated carbocycles. The van der Waals surface area contributed by atoms with Gasteiger partial charge in [-0.2, -0.15) is 0 Å². The SMILES string of the molecule is c1ccc(-c2nc(-c3ccccc3)nc(-c3cccc4cc(-n5c6cccc7c6c6c8c(ccc9c8c8c-7cccc8n9-c7ccccc7)ccc65)ccc34)n2)cc1. The van der Waals surface area contributed by atoms with Crippen LogP contribution in [-0.2, 0) is 0 Å². The van der Waals surface area contributed by atoms with Gasteiger partial charge >= 0.3 is 0 Å². The van der Waals surface area contributed by atoms with Crippen molar-refractivity contribution >= 4 is 65.2 Å². The normalized spacial score (nSPS) is 12.1. The molecule has 3 aromatic heterocycles. The molecule has 1 aliphatic rings. The number of rotatable bonds is 5. The topological polar surface area (TPSA) is 48.5 Å².